The van der Waals surface area contributed by atoms with Crippen molar-refractivity contribution in [3.8, 4) is 0 Å². The lowest BCUT2D eigenvalue weighted by atomic mass is 9.84. The van der Waals surface area contributed by atoms with Gasteiger partial charge < -0.3 is 4.57 Å². The molecule has 0 aliphatic rings. The summed E-state index contributed by atoms with van der Waals surface area (Å²) < 4.78 is 14.2. The molecular formula is C21H29OP. The van der Waals surface area contributed by atoms with Gasteiger partial charge in [-0.1, -0.05) is 101 Å². The van der Waals surface area contributed by atoms with Crippen molar-refractivity contribution < 1.29 is 4.57 Å². The van der Waals surface area contributed by atoms with Gasteiger partial charge in [0.15, 0.2) is 0 Å². The number of unbranched alkanes of at least 4 members (excludes halogenated alkanes) is 1. The lowest BCUT2D eigenvalue weighted by Crippen LogP contribution is -2.28. The first kappa shape index (κ1) is 18.0. The van der Waals surface area contributed by atoms with E-state index in [1.807, 2.05) is 60.7 Å². The number of benzene rings is 2. The van der Waals surface area contributed by atoms with Crippen molar-refractivity contribution in [3.05, 3.63) is 60.7 Å². The highest BCUT2D eigenvalue weighted by Gasteiger charge is 2.35. The Balaban J connectivity index is 2.45. The Bertz CT molecular complexity index is 592. The highest BCUT2D eigenvalue weighted by Crippen LogP contribution is 2.50. The summed E-state index contributed by atoms with van der Waals surface area (Å²) in [6.45, 7) is 6.77. The molecule has 0 amide bonds. The second kappa shape index (κ2) is 7.97. The van der Waals surface area contributed by atoms with Crippen LogP contribution >= 0.6 is 7.14 Å². The van der Waals surface area contributed by atoms with Gasteiger partial charge >= 0.3 is 0 Å². The molecule has 0 N–H and O–H groups in total. The molecule has 2 aromatic carbocycles. The highest BCUT2D eigenvalue weighted by molar-refractivity contribution is 7.78. The van der Waals surface area contributed by atoms with Crippen LogP contribution in [0.1, 0.15) is 46.5 Å². The number of hydrogen-bond acceptors (Lipinski definition) is 1. The third kappa shape index (κ3) is 4.36. The Hall–Kier alpha value is -1.33. The lowest BCUT2D eigenvalue weighted by molar-refractivity contribution is 0.314. The van der Waals surface area contributed by atoms with Crippen LogP contribution in [0.4, 0.5) is 0 Å². The fourth-order valence-electron chi connectivity index (χ4n) is 3.18. The van der Waals surface area contributed by atoms with Gasteiger partial charge in [0.1, 0.15) is 7.14 Å². The minimum Gasteiger partial charge on any atom is -0.314 e. The van der Waals surface area contributed by atoms with E-state index < -0.39 is 7.14 Å². The maximum atomic E-state index is 14.2. The normalized spacial score (nSPS) is 14.4. The van der Waals surface area contributed by atoms with Gasteiger partial charge in [-0.2, -0.15) is 0 Å². The molecule has 0 radical (unpaired) electrons. The Kier molecular flexibility index (Phi) is 6.25. The molecular weight excluding hydrogens is 299 g/mol. The summed E-state index contributed by atoms with van der Waals surface area (Å²) in [5, 5.41) is 1.98. The molecule has 0 aliphatic heterocycles. The summed E-state index contributed by atoms with van der Waals surface area (Å²) in [5.41, 5.74) is 0.122. The van der Waals surface area contributed by atoms with Gasteiger partial charge in [-0.05, 0) is 11.8 Å². The predicted molar refractivity (Wildman–Crippen MR) is 103 cm³/mol. The first-order chi connectivity index (χ1) is 11.0. The monoisotopic (exact) mass is 328 g/mol. The molecule has 0 saturated heterocycles. The largest absolute Gasteiger partial charge is 0.314 e. The van der Waals surface area contributed by atoms with E-state index in [2.05, 4.69) is 20.8 Å². The summed E-state index contributed by atoms with van der Waals surface area (Å²) in [6.07, 6.45) is 5.36. The molecule has 1 atom stereocenters. The molecule has 0 heterocycles. The van der Waals surface area contributed by atoms with Crippen LogP contribution in [-0.2, 0) is 4.57 Å². The fraction of sp³-hybridized carbons (Fsp3) is 0.429. The molecule has 2 rings (SSSR count). The minimum atomic E-state index is -2.60. The van der Waals surface area contributed by atoms with Gasteiger partial charge in [0.05, 0.1) is 0 Å². The van der Waals surface area contributed by atoms with Crippen molar-refractivity contribution in [2.24, 2.45) is 5.41 Å². The van der Waals surface area contributed by atoms with Crippen molar-refractivity contribution in [2.75, 3.05) is 6.16 Å². The SMILES string of the molecule is CCCCC(C)(CC)CP(=O)(c1ccccc1)c1ccccc1. The van der Waals surface area contributed by atoms with E-state index in [4.69, 9.17) is 0 Å². The number of hydrogen-bond donors (Lipinski definition) is 0. The summed E-state index contributed by atoms with van der Waals surface area (Å²) >= 11 is 0. The number of rotatable bonds is 8. The van der Waals surface area contributed by atoms with Crippen molar-refractivity contribution in [2.45, 2.75) is 46.5 Å². The van der Waals surface area contributed by atoms with E-state index in [0.717, 1.165) is 29.6 Å². The van der Waals surface area contributed by atoms with E-state index in [0.29, 0.717) is 0 Å². The van der Waals surface area contributed by atoms with Gasteiger partial charge in [-0.15, -0.1) is 0 Å². The smallest absolute Gasteiger partial charge is 0.143 e. The third-order valence-corrected chi connectivity index (χ3v) is 8.41. The van der Waals surface area contributed by atoms with Crippen molar-refractivity contribution in [3.63, 3.8) is 0 Å². The molecule has 124 valence electrons. The standard InChI is InChI=1S/C21H29OP/c1-4-6-17-21(3,5-2)18-23(22,19-13-9-7-10-14-19)20-15-11-8-12-16-20/h7-16H,4-6,17-18H2,1-3H3. The van der Waals surface area contributed by atoms with Crippen LogP contribution in [0.25, 0.3) is 0 Å². The zero-order valence-electron chi connectivity index (χ0n) is 14.7. The third-order valence-electron chi connectivity index (χ3n) is 4.94. The molecule has 0 aliphatic carbocycles. The quantitative estimate of drug-likeness (QED) is 0.576. The molecule has 0 spiro atoms. The molecule has 1 unspecified atom stereocenters. The zero-order valence-corrected chi connectivity index (χ0v) is 15.6. The molecule has 23 heavy (non-hydrogen) atoms. The second-order valence-corrected chi connectivity index (χ2v) is 9.67. The molecule has 0 aromatic heterocycles. The summed E-state index contributed by atoms with van der Waals surface area (Å²) in [5.74, 6) is 0. The lowest BCUT2D eigenvalue weighted by Gasteiger charge is -2.33. The van der Waals surface area contributed by atoms with E-state index >= 15 is 0 Å². The predicted octanol–water partition coefficient (Wildman–Crippen LogP) is 5.61. The Morgan fingerprint density at radius 1 is 0.870 bits per heavy atom. The van der Waals surface area contributed by atoms with Crippen LogP contribution in [0.5, 0.6) is 0 Å². The molecule has 2 heteroatoms. The maximum absolute atomic E-state index is 14.2. The van der Waals surface area contributed by atoms with E-state index in [1.165, 1.54) is 12.8 Å². The molecule has 2 aromatic rings. The van der Waals surface area contributed by atoms with Gasteiger partial charge in [-0.25, -0.2) is 0 Å². The molecule has 0 fully saturated rings. The van der Waals surface area contributed by atoms with Crippen LogP contribution in [0.3, 0.4) is 0 Å². The Morgan fingerprint density at radius 3 is 1.74 bits per heavy atom. The van der Waals surface area contributed by atoms with Crippen LogP contribution in [0.15, 0.2) is 60.7 Å². The zero-order chi connectivity index (χ0) is 16.8. The summed E-state index contributed by atoms with van der Waals surface area (Å²) in [6, 6.07) is 20.1. The van der Waals surface area contributed by atoms with Gasteiger partial charge in [-0.3, -0.25) is 0 Å². The van der Waals surface area contributed by atoms with Crippen LogP contribution in [0.2, 0.25) is 0 Å². The van der Waals surface area contributed by atoms with Crippen LogP contribution in [0, 0.1) is 5.41 Å². The van der Waals surface area contributed by atoms with E-state index in [9.17, 15) is 4.57 Å². The molecule has 1 nitrogen and oxygen atoms in total. The highest BCUT2D eigenvalue weighted by atomic mass is 31.2. The summed E-state index contributed by atoms with van der Waals surface area (Å²) in [7, 11) is -2.60. The maximum Gasteiger partial charge on any atom is 0.143 e. The van der Waals surface area contributed by atoms with Crippen molar-refractivity contribution >= 4 is 17.8 Å². The first-order valence-electron chi connectivity index (χ1n) is 8.74. The molecule has 0 saturated carbocycles. The second-order valence-electron chi connectivity index (χ2n) is 6.84. The van der Waals surface area contributed by atoms with Gasteiger partial charge in [0.2, 0.25) is 0 Å². The van der Waals surface area contributed by atoms with Crippen molar-refractivity contribution in [1.82, 2.24) is 0 Å². The van der Waals surface area contributed by atoms with E-state index in [-0.39, 0.29) is 5.41 Å². The van der Waals surface area contributed by atoms with Crippen molar-refractivity contribution in [1.29, 1.82) is 0 Å². The topological polar surface area (TPSA) is 17.1 Å². The summed E-state index contributed by atoms with van der Waals surface area (Å²) in [4.78, 5) is 0. The first-order valence-corrected chi connectivity index (χ1v) is 10.6. The Morgan fingerprint density at radius 2 is 1.35 bits per heavy atom. The minimum absolute atomic E-state index is 0.122. The van der Waals surface area contributed by atoms with Gasteiger partial charge in [0.25, 0.3) is 0 Å². The average Bonchev–Trinajstić information content (AvgIpc) is 2.61. The van der Waals surface area contributed by atoms with E-state index in [1.54, 1.807) is 0 Å². The fourth-order valence-corrected chi connectivity index (χ4v) is 6.61. The molecule has 0 bridgehead atoms. The van der Waals surface area contributed by atoms with Crippen LogP contribution < -0.4 is 10.6 Å². The average molecular weight is 328 g/mol. The Labute approximate surface area is 141 Å². The van der Waals surface area contributed by atoms with Crippen LogP contribution in [-0.4, -0.2) is 6.16 Å². The van der Waals surface area contributed by atoms with Gasteiger partial charge in [0, 0.05) is 16.8 Å².